The highest BCUT2D eigenvalue weighted by molar-refractivity contribution is 7.07. The number of ether oxygens (including phenoxy) is 1. The fourth-order valence-electron chi connectivity index (χ4n) is 2.30. The minimum atomic E-state index is -0.826. The Morgan fingerprint density at radius 3 is 2.96 bits per heavy atom. The average Bonchev–Trinajstić information content (AvgIpc) is 3.13. The second-order valence-corrected chi connectivity index (χ2v) is 5.89. The zero-order valence-electron chi connectivity index (χ0n) is 12.8. The molecular weight excluding hydrogens is 330 g/mol. The summed E-state index contributed by atoms with van der Waals surface area (Å²) in [6.07, 6.45) is -0.826. The highest BCUT2D eigenvalue weighted by atomic mass is 32.1. The quantitative estimate of drug-likeness (QED) is 0.693. The van der Waals surface area contributed by atoms with Crippen molar-refractivity contribution < 1.29 is 19.1 Å². The summed E-state index contributed by atoms with van der Waals surface area (Å²) >= 11 is 1.46. The first kappa shape index (κ1) is 16.2. The standard InChI is InChI=1S/C17H15NO5S/c1-22-14-4-2-3-10-7-12(17(21)23-15(10)14)16(20)18-8-13(19)11-5-6-24-9-11/h2-7,9,13,19H,8H2,1H3,(H,18,20). The van der Waals surface area contributed by atoms with Gasteiger partial charge in [-0.3, -0.25) is 4.79 Å². The zero-order chi connectivity index (χ0) is 17.1. The van der Waals surface area contributed by atoms with E-state index in [0.717, 1.165) is 5.56 Å². The summed E-state index contributed by atoms with van der Waals surface area (Å²) in [5.41, 5.74) is 0.137. The number of carbonyl (C=O) groups is 1. The number of amides is 1. The lowest BCUT2D eigenvalue weighted by molar-refractivity contribution is 0.0913. The SMILES string of the molecule is COc1cccc2cc(C(=O)NCC(O)c3ccsc3)c(=O)oc12. The third-order valence-electron chi connectivity index (χ3n) is 3.57. The van der Waals surface area contributed by atoms with Gasteiger partial charge in [0.1, 0.15) is 5.56 Å². The van der Waals surface area contributed by atoms with Gasteiger partial charge in [0.15, 0.2) is 11.3 Å². The van der Waals surface area contributed by atoms with Crippen molar-refractivity contribution in [1.82, 2.24) is 5.32 Å². The van der Waals surface area contributed by atoms with E-state index in [2.05, 4.69) is 5.32 Å². The largest absolute Gasteiger partial charge is 0.493 e. The maximum absolute atomic E-state index is 12.2. The van der Waals surface area contributed by atoms with Gasteiger partial charge >= 0.3 is 5.63 Å². The molecule has 7 heteroatoms. The maximum Gasteiger partial charge on any atom is 0.349 e. The van der Waals surface area contributed by atoms with Crippen molar-refractivity contribution in [3.8, 4) is 5.75 Å². The maximum atomic E-state index is 12.2. The van der Waals surface area contributed by atoms with E-state index in [4.69, 9.17) is 9.15 Å². The minimum absolute atomic E-state index is 0.00511. The number of rotatable bonds is 5. The Morgan fingerprint density at radius 2 is 2.25 bits per heavy atom. The molecule has 0 spiro atoms. The van der Waals surface area contributed by atoms with E-state index in [1.54, 1.807) is 29.6 Å². The van der Waals surface area contributed by atoms with Gasteiger partial charge in [0.2, 0.25) is 0 Å². The molecule has 124 valence electrons. The number of aliphatic hydroxyl groups excluding tert-OH is 1. The molecule has 3 rings (SSSR count). The molecule has 2 aromatic heterocycles. The van der Waals surface area contributed by atoms with E-state index in [1.165, 1.54) is 24.5 Å². The Balaban J connectivity index is 1.82. The third-order valence-corrected chi connectivity index (χ3v) is 4.27. The monoisotopic (exact) mass is 345 g/mol. The molecule has 0 saturated carbocycles. The number of methoxy groups -OCH3 is 1. The summed E-state index contributed by atoms with van der Waals surface area (Å²) in [6.45, 7) is 0.00511. The number of fused-ring (bicyclic) bond motifs is 1. The second-order valence-electron chi connectivity index (χ2n) is 5.11. The van der Waals surface area contributed by atoms with E-state index in [9.17, 15) is 14.7 Å². The molecule has 0 aliphatic heterocycles. The van der Waals surface area contributed by atoms with Gasteiger partial charge in [0, 0.05) is 11.9 Å². The number of benzene rings is 1. The summed E-state index contributed by atoms with van der Waals surface area (Å²) in [6, 6.07) is 8.36. The van der Waals surface area contributed by atoms with E-state index in [0.29, 0.717) is 16.7 Å². The lowest BCUT2D eigenvalue weighted by atomic mass is 10.1. The summed E-state index contributed by atoms with van der Waals surface area (Å²) in [4.78, 5) is 24.3. The number of para-hydroxylation sites is 1. The normalized spacial score (nSPS) is 12.1. The molecule has 24 heavy (non-hydrogen) atoms. The first-order valence-corrected chi connectivity index (χ1v) is 8.13. The Bertz CT molecular complexity index is 916. The van der Waals surface area contributed by atoms with Gasteiger partial charge in [-0.25, -0.2) is 4.79 Å². The van der Waals surface area contributed by atoms with Crippen LogP contribution in [0.4, 0.5) is 0 Å². The van der Waals surface area contributed by atoms with Gasteiger partial charge in [-0.15, -0.1) is 0 Å². The molecule has 1 atom stereocenters. The van der Waals surface area contributed by atoms with Crippen molar-refractivity contribution in [3.05, 3.63) is 62.6 Å². The van der Waals surface area contributed by atoms with Crippen LogP contribution in [-0.2, 0) is 0 Å². The van der Waals surface area contributed by atoms with Crippen LogP contribution >= 0.6 is 11.3 Å². The topological polar surface area (TPSA) is 88.8 Å². The van der Waals surface area contributed by atoms with Crippen molar-refractivity contribution in [2.75, 3.05) is 13.7 Å². The predicted octanol–water partition coefficient (Wildman–Crippen LogP) is 2.33. The smallest absolute Gasteiger partial charge is 0.349 e. The molecule has 0 aliphatic rings. The molecule has 1 unspecified atom stereocenters. The third kappa shape index (κ3) is 3.17. The summed E-state index contributed by atoms with van der Waals surface area (Å²) in [7, 11) is 1.47. The molecule has 2 N–H and O–H groups in total. The number of thiophene rings is 1. The van der Waals surface area contributed by atoms with Crippen LogP contribution in [-0.4, -0.2) is 24.7 Å². The summed E-state index contributed by atoms with van der Waals surface area (Å²) in [5.74, 6) is -0.174. The van der Waals surface area contributed by atoms with Crippen molar-refractivity contribution in [3.63, 3.8) is 0 Å². The lowest BCUT2D eigenvalue weighted by Crippen LogP contribution is -2.31. The van der Waals surface area contributed by atoms with Crippen LogP contribution in [0.2, 0.25) is 0 Å². The van der Waals surface area contributed by atoms with Crippen molar-refractivity contribution in [2.45, 2.75) is 6.10 Å². The number of carbonyl (C=O) groups excluding carboxylic acids is 1. The molecule has 0 aliphatic carbocycles. The van der Waals surface area contributed by atoms with Crippen LogP contribution in [0.3, 0.4) is 0 Å². The molecule has 0 saturated heterocycles. The van der Waals surface area contributed by atoms with Crippen LogP contribution in [0.15, 0.2) is 50.3 Å². The lowest BCUT2D eigenvalue weighted by Gasteiger charge is -2.10. The molecule has 3 aromatic rings. The van der Waals surface area contributed by atoms with Gasteiger partial charge in [-0.05, 0) is 34.5 Å². The van der Waals surface area contributed by atoms with E-state index < -0.39 is 17.6 Å². The summed E-state index contributed by atoms with van der Waals surface area (Å²) in [5, 5.41) is 16.8. The molecule has 1 aromatic carbocycles. The van der Waals surface area contributed by atoms with Crippen LogP contribution in [0, 0.1) is 0 Å². The van der Waals surface area contributed by atoms with Gasteiger partial charge in [0.05, 0.1) is 13.2 Å². The molecule has 2 heterocycles. The minimum Gasteiger partial charge on any atom is -0.493 e. The number of aliphatic hydroxyl groups is 1. The second kappa shape index (κ2) is 6.86. The van der Waals surface area contributed by atoms with Crippen molar-refractivity contribution in [1.29, 1.82) is 0 Å². The highest BCUT2D eigenvalue weighted by Crippen LogP contribution is 2.24. The molecule has 1 amide bonds. The summed E-state index contributed by atoms with van der Waals surface area (Å²) < 4.78 is 10.4. The average molecular weight is 345 g/mol. The fraction of sp³-hybridized carbons (Fsp3) is 0.176. The van der Waals surface area contributed by atoms with Crippen LogP contribution in [0.5, 0.6) is 5.75 Å². The first-order valence-electron chi connectivity index (χ1n) is 7.19. The van der Waals surface area contributed by atoms with Crippen molar-refractivity contribution >= 4 is 28.2 Å². The Morgan fingerprint density at radius 1 is 1.42 bits per heavy atom. The van der Waals surface area contributed by atoms with E-state index in [-0.39, 0.29) is 12.1 Å². The Hall–Kier alpha value is -2.64. The Labute approximate surface area is 141 Å². The highest BCUT2D eigenvalue weighted by Gasteiger charge is 2.17. The molecular formula is C17H15NO5S. The van der Waals surface area contributed by atoms with E-state index >= 15 is 0 Å². The van der Waals surface area contributed by atoms with Gasteiger partial charge in [-0.2, -0.15) is 11.3 Å². The van der Waals surface area contributed by atoms with Gasteiger partial charge < -0.3 is 19.6 Å². The van der Waals surface area contributed by atoms with Gasteiger partial charge in [-0.1, -0.05) is 12.1 Å². The van der Waals surface area contributed by atoms with Gasteiger partial charge in [0.25, 0.3) is 5.91 Å². The Kier molecular flexibility index (Phi) is 4.64. The zero-order valence-corrected chi connectivity index (χ0v) is 13.6. The molecule has 0 radical (unpaired) electrons. The first-order chi connectivity index (χ1) is 11.6. The fourth-order valence-corrected chi connectivity index (χ4v) is 3.01. The number of nitrogens with one attached hydrogen (secondary N) is 1. The van der Waals surface area contributed by atoms with E-state index in [1.807, 2.05) is 5.38 Å². The number of hydrogen-bond donors (Lipinski definition) is 2. The van der Waals surface area contributed by atoms with Crippen LogP contribution in [0.25, 0.3) is 11.0 Å². The molecule has 0 bridgehead atoms. The number of hydrogen-bond acceptors (Lipinski definition) is 6. The van der Waals surface area contributed by atoms with Crippen molar-refractivity contribution in [2.24, 2.45) is 0 Å². The molecule has 6 nitrogen and oxygen atoms in total. The molecule has 0 fully saturated rings. The predicted molar refractivity (Wildman–Crippen MR) is 90.6 cm³/mol. The van der Waals surface area contributed by atoms with Crippen LogP contribution in [0.1, 0.15) is 22.0 Å². The van der Waals surface area contributed by atoms with Crippen LogP contribution < -0.4 is 15.7 Å².